The fraction of sp³-hybridized carbons (Fsp3) is 0.333. The lowest BCUT2D eigenvalue weighted by Crippen LogP contribution is -2.15. The normalized spacial score (nSPS) is 12.5. The molecule has 0 aliphatic heterocycles. The Bertz CT molecular complexity index is 513. The monoisotopic (exact) mass is 287 g/mol. The molecule has 0 atom stereocenters. The minimum atomic E-state index is -4.54. The van der Waals surface area contributed by atoms with E-state index in [9.17, 15) is 21.6 Å². The van der Waals surface area contributed by atoms with E-state index < -0.39 is 21.8 Å². The van der Waals surface area contributed by atoms with E-state index in [0.29, 0.717) is 6.07 Å². The van der Waals surface area contributed by atoms with Gasteiger partial charge in [-0.25, -0.2) is 8.42 Å². The van der Waals surface area contributed by atoms with Gasteiger partial charge in [0.15, 0.2) is 0 Å². The number of nitrogens with one attached hydrogen (secondary N) is 1. The van der Waals surface area contributed by atoms with Crippen molar-refractivity contribution in [2.45, 2.75) is 13.1 Å². The summed E-state index contributed by atoms with van der Waals surface area (Å²) < 4.78 is 61.6. The predicted molar refractivity (Wildman–Crippen MR) is 59.5 cm³/mol. The second kappa shape index (κ2) is 4.73. The molecule has 0 fully saturated rings. The molecule has 17 heavy (non-hydrogen) atoms. The first kappa shape index (κ1) is 14.1. The van der Waals surface area contributed by atoms with Crippen LogP contribution in [0.5, 0.6) is 0 Å². The number of rotatable bonds is 3. The number of halogens is 4. The third kappa shape index (κ3) is 3.78. The molecule has 96 valence electrons. The highest BCUT2D eigenvalue weighted by molar-refractivity contribution is 7.92. The van der Waals surface area contributed by atoms with Crippen LogP contribution in [0.4, 0.5) is 18.9 Å². The van der Waals surface area contributed by atoms with E-state index in [-0.39, 0.29) is 16.5 Å². The van der Waals surface area contributed by atoms with Gasteiger partial charge in [0.05, 0.1) is 22.0 Å². The van der Waals surface area contributed by atoms with Crippen molar-refractivity contribution in [3.63, 3.8) is 0 Å². The summed E-state index contributed by atoms with van der Waals surface area (Å²) >= 11 is 5.62. The summed E-state index contributed by atoms with van der Waals surface area (Å²) in [5, 5.41) is -0.0879. The van der Waals surface area contributed by atoms with Gasteiger partial charge >= 0.3 is 6.18 Å². The SMILES string of the molecule is CCS(=O)(=O)Nc1cc(C(F)(F)F)ccc1Cl. The Balaban J connectivity index is 3.17. The van der Waals surface area contributed by atoms with E-state index in [1.807, 2.05) is 4.72 Å². The molecule has 1 N–H and O–H groups in total. The van der Waals surface area contributed by atoms with Gasteiger partial charge in [0.1, 0.15) is 0 Å². The highest BCUT2D eigenvalue weighted by Gasteiger charge is 2.31. The van der Waals surface area contributed by atoms with Crippen LogP contribution in [0.1, 0.15) is 12.5 Å². The quantitative estimate of drug-likeness (QED) is 0.928. The van der Waals surface area contributed by atoms with E-state index in [1.165, 1.54) is 6.92 Å². The van der Waals surface area contributed by atoms with Crippen LogP contribution in [0.25, 0.3) is 0 Å². The second-order valence-corrected chi connectivity index (χ2v) is 5.62. The van der Waals surface area contributed by atoms with E-state index in [2.05, 4.69) is 0 Å². The minimum absolute atomic E-state index is 0.0879. The molecule has 0 unspecified atom stereocenters. The lowest BCUT2D eigenvalue weighted by atomic mass is 10.2. The molecule has 0 saturated carbocycles. The lowest BCUT2D eigenvalue weighted by Gasteiger charge is -2.11. The first-order chi connectivity index (χ1) is 7.65. The summed E-state index contributed by atoms with van der Waals surface area (Å²) in [5.74, 6) is -0.250. The fourth-order valence-electron chi connectivity index (χ4n) is 1.02. The molecule has 1 rings (SSSR count). The van der Waals surface area contributed by atoms with Crippen molar-refractivity contribution >= 4 is 27.3 Å². The molecule has 0 radical (unpaired) electrons. The number of anilines is 1. The van der Waals surface area contributed by atoms with Crippen LogP contribution in [0.3, 0.4) is 0 Å². The van der Waals surface area contributed by atoms with Crippen molar-refractivity contribution in [2.24, 2.45) is 0 Å². The molecule has 1 aromatic carbocycles. The highest BCUT2D eigenvalue weighted by atomic mass is 35.5. The molecule has 0 aromatic heterocycles. The maximum absolute atomic E-state index is 12.4. The van der Waals surface area contributed by atoms with Crippen molar-refractivity contribution in [1.82, 2.24) is 0 Å². The molecular formula is C9H9ClF3NO2S. The van der Waals surface area contributed by atoms with Gasteiger partial charge in [-0.15, -0.1) is 0 Å². The van der Waals surface area contributed by atoms with Crippen LogP contribution < -0.4 is 4.72 Å². The van der Waals surface area contributed by atoms with Crippen LogP contribution in [-0.4, -0.2) is 14.2 Å². The summed E-state index contributed by atoms with van der Waals surface area (Å²) in [7, 11) is -3.66. The Morgan fingerprint density at radius 3 is 2.41 bits per heavy atom. The van der Waals surface area contributed by atoms with E-state index in [1.54, 1.807) is 0 Å². The molecule has 0 saturated heterocycles. The largest absolute Gasteiger partial charge is 0.416 e. The highest BCUT2D eigenvalue weighted by Crippen LogP contribution is 2.34. The first-order valence-corrected chi connectivity index (χ1v) is 6.56. The molecule has 0 heterocycles. The second-order valence-electron chi connectivity index (χ2n) is 3.20. The zero-order valence-corrected chi connectivity index (χ0v) is 10.2. The lowest BCUT2D eigenvalue weighted by molar-refractivity contribution is -0.137. The summed E-state index contributed by atoms with van der Waals surface area (Å²) in [6, 6.07) is 2.44. The summed E-state index contributed by atoms with van der Waals surface area (Å²) in [4.78, 5) is 0. The number of benzene rings is 1. The molecule has 0 spiro atoms. The van der Waals surface area contributed by atoms with Crippen LogP contribution in [0, 0.1) is 0 Å². The van der Waals surface area contributed by atoms with Gasteiger partial charge in [-0.2, -0.15) is 13.2 Å². The van der Waals surface area contributed by atoms with Crippen LogP contribution in [0.15, 0.2) is 18.2 Å². The Morgan fingerprint density at radius 2 is 1.94 bits per heavy atom. The number of sulfonamides is 1. The molecular weight excluding hydrogens is 279 g/mol. The summed E-state index contributed by atoms with van der Waals surface area (Å²) in [6.07, 6.45) is -4.54. The topological polar surface area (TPSA) is 46.2 Å². The summed E-state index contributed by atoms with van der Waals surface area (Å²) in [6.45, 7) is 1.36. The average Bonchev–Trinajstić information content (AvgIpc) is 2.19. The Labute approximate surface area is 102 Å². The van der Waals surface area contributed by atoms with E-state index in [4.69, 9.17) is 11.6 Å². The van der Waals surface area contributed by atoms with Gasteiger partial charge in [0.25, 0.3) is 0 Å². The minimum Gasteiger partial charge on any atom is -0.282 e. The molecule has 8 heteroatoms. The molecule has 1 aromatic rings. The van der Waals surface area contributed by atoms with E-state index in [0.717, 1.165) is 12.1 Å². The van der Waals surface area contributed by atoms with Gasteiger partial charge in [0.2, 0.25) is 10.0 Å². The Morgan fingerprint density at radius 1 is 1.35 bits per heavy atom. The number of hydrogen-bond donors (Lipinski definition) is 1. The first-order valence-electron chi connectivity index (χ1n) is 4.53. The summed E-state index contributed by atoms with van der Waals surface area (Å²) in [5.41, 5.74) is -1.24. The van der Waals surface area contributed by atoms with Crippen molar-refractivity contribution in [1.29, 1.82) is 0 Å². The van der Waals surface area contributed by atoms with Crippen LogP contribution in [0.2, 0.25) is 5.02 Å². The third-order valence-corrected chi connectivity index (χ3v) is 3.56. The Hall–Kier alpha value is -0.950. The maximum Gasteiger partial charge on any atom is 0.416 e. The average molecular weight is 288 g/mol. The smallest absolute Gasteiger partial charge is 0.282 e. The number of alkyl halides is 3. The molecule has 3 nitrogen and oxygen atoms in total. The van der Waals surface area contributed by atoms with Gasteiger partial charge in [-0.05, 0) is 25.1 Å². The van der Waals surface area contributed by atoms with Gasteiger partial charge in [0, 0.05) is 0 Å². The van der Waals surface area contributed by atoms with Crippen molar-refractivity contribution in [2.75, 3.05) is 10.5 Å². The van der Waals surface area contributed by atoms with Crippen molar-refractivity contribution < 1.29 is 21.6 Å². The fourth-order valence-corrected chi connectivity index (χ4v) is 1.89. The predicted octanol–water partition coefficient (Wildman–Crippen LogP) is 3.12. The molecule has 0 aliphatic rings. The molecule has 0 amide bonds. The zero-order valence-electron chi connectivity index (χ0n) is 8.68. The number of hydrogen-bond acceptors (Lipinski definition) is 2. The zero-order chi connectivity index (χ0) is 13.3. The van der Waals surface area contributed by atoms with Gasteiger partial charge < -0.3 is 0 Å². The standard InChI is InChI=1S/C9H9ClF3NO2S/c1-2-17(15,16)14-8-5-6(9(11,12)13)3-4-7(8)10/h3-5,14H,2H2,1H3. The van der Waals surface area contributed by atoms with Crippen LogP contribution >= 0.6 is 11.6 Å². The van der Waals surface area contributed by atoms with Crippen molar-refractivity contribution in [3.05, 3.63) is 28.8 Å². The maximum atomic E-state index is 12.4. The molecule has 0 bridgehead atoms. The van der Waals surface area contributed by atoms with E-state index >= 15 is 0 Å². The molecule has 0 aliphatic carbocycles. The Kier molecular flexibility index (Phi) is 3.93. The van der Waals surface area contributed by atoms with Gasteiger partial charge in [-0.3, -0.25) is 4.72 Å². The third-order valence-electron chi connectivity index (χ3n) is 1.94. The van der Waals surface area contributed by atoms with Gasteiger partial charge in [-0.1, -0.05) is 11.6 Å². The van der Waals surface area contributed by atoms with Crippen LogP contribution in [-0.2, 0) is 16.2 Å². The van der Waals surface area contributed by atoms with Crippen molar-refractivity contribution in [3.8, 4) is 0 Å².